The lowest BCUT2D eigenvalue weighted by molar-refractivity contribution is 0.548. The summed E-state index contributed by atoms with van der Waals surface area (Å²) in [6.45, 7) is 11.2. The molecule has 0 saturated heterocycles. The van der Waals surface area contributed by atoms with Gasteiger partial charge in [0.15, 0.2) is 5.96 Å². The molecule has 140 valence electrons. The second kappa shape index (κ2) is 11.1. The van der Waals surface area contributed by atoms with Crippen molar-refractivity contribution < 1.29 is 0 Å². The lowest BCUT2D eigenvalue weighted by atomic mass is 9.92. The third kappa shape index (κ3) is 7.22. The fraction of sp³-hybridized carbons (Fsp3) is 0.556. The zero-order chi connectivity index (χ0) is 17.4. The average Bonchev–Trinajstić information content (AvgIpc) is 3.24. The molecule has 0 amide bonds. The van der Waals surface area contributed by atoms with Gasteiger partial charge in [-0.05, 0) is 24.8 Å². The molecule has 2 aromatic rings. The monoisotopic (exact) mass is 492 g/mol. The van der Waals surface area contributed by atoms with Gasteiger partial charge in [0.05, 0.1) is 11.6 Å². The molecule has 2 aromatic heterocycles. The second-order valence-corrected chi connectivity index (χ2v) is 8.45. The van der Waals surface area contributed by atoms with Crippen LogP contribution in [0.1, 0.15) is 42.5 Å². The van der Waals surface area contributed by atoms with E-state index in [1.54, 1.807) is 22.7 Å². The van der Waals surface area contributed by atoms with Crippen LogP contribution in [-0.4, -0.2) is 30.6 Å². The van der Waals surface area contributed by atoms with Crippen LogP contribution in [-0.2, 0) is 18.3 Å². The predicted octanol–water partition coefficient (Wildman–Crippen LogP) is 4.46. The molecule has 25 heavy (non-hydrogen) atoms. The summed E-state index contributed by atoms with van der Waals surface area (Å²) in [5.74, 6) is 0.884. The van der Waals surface area contributed by atoms with Crippen LogP contribution < -0.4 is 10.6 Å². The normalized spacial score (nSPS) is 11.9. The summed E-state index contributed by atoms with van der Waals surface area (Å²) in [5.41, 5.74) is 0.0574. The van der Waals surface area contributed by atoms with Gasteiger partial charge in [-0.1, -0.05) is 26.8 Å². The number of aliphatic imine (C=N–C) groups is 1. The third-order valence-electron chi connectivity index (χ3n) is 3.75. The standard InChI is InChI=1S/C18H28N4S2.HI/c1-5-14-12-21-16(24-14)9-10-20-17(19-6-2)22-13-18(3,4)15-8-7-11-23-15;/h7-8,11-12H,5-6,9-10,13H2,1-4H3,(H2,19,20,22);1H. The predicted molar refractivity (Wildman–Crippen MR) is 122 cm³/mol. The van der Waals surface area contributed by atoms with E-state index >= 15 is 0 Å². The SMILES string of the molecule is CCNC(=NCC(C)(C)c1cccs1)NCCc1ncc(CC)s1.I. The first kappa shape index (κ1) is 22.4. The van der Waals surface area contributed by atoms with Crippen LogP contribution >= 0.6 is 46.7 Å². The minimum atomic E-state index is 0. The van der Waals surface area contributed by atoms with Gasteiger partial charge in [0.25, 0.3) is 0 Å². The summed E-state index contributed by atoms with van der Waals surface area (Å²) in [7, 11) is 0. The van der Waals surface area contributed by atoms with E-state index in [1.807, 2.05) is 6.20 Å². The van der Waals surface area contributed by atoms with Crippen molar-refractivity contribution in [3.05, 3.63) is 38.5 Å². The molecule has 0 aliphatic rings. The van der Waals surface area contributed by atoms with E-state index < -0.39 is 0 Å². The van der Waals surface area contributed by atoms with Crippen molar-refractivity contribution in [1.29, 1.82) is 0 Å². The van der Waals surface area contributed by atoms with Gasteiger partial charge in [-0.15, -0.1) is 46.7 Å². The van der Waals surface area contributed by atoms with Gasteiger partial charge in [0, 0.05) is 40.9 Å². The lowest BCUT2D eigenvalue weighted by Gasteiger charge is -2.21. The van der Waals surface area contributed by atoms with Crippen molar-refractivity contribution in [1.82, 2.24) is 15.6 Å². The number of thiophene rings is 1. The third-order valence-corrected chi connectivity index (χ3v) is 6.18. The minimum Gasteiger partial charge on any atom is -0.357 e. The summed E-state index contributed by atoms with van der Waals surface area (Å²) in [4.78, 5) is 12.0. The molecule has 0 saturated carbocycles. The summed E-state index contributed by atoms with van der Waals surface area (Å²) in [6, 6.07) is 4.29. The minimum absolute atomic E-state index is 0. The molecule has 0 aromatic carbocycles. The number of guanidine groups is 1. The van der Waals surface area contributed by atoms with Gasteiger partial charge in [0.1, 0.15) is 0 Å². The maximum Gasteiger partial charge on any atom is 0.191 e. The molecule has 0 aliphatic heterocycles. The van der Waals surface area contributed by atoms with Crippen molar-refractivity contribution in [3.8, 4) is 0 Å². The van der Waals surface area contributed by atoms with Crippen molar-refractivity contribution in [2.45, 2.75) is 46.0 Å². The fourth-order valence-corrected chi connectivity index (χ4v) is 3.98. The summed E-state index contributed by atoms with van der Waals surface area (Å²) in [6.07, 6.45) is 3.99. The Morgan fingerprint density at radius 3 is 2.68 bits per heavy atom. The fourth-order valence-electron chi connectivity index (χ4n) is 2.27. The van der Waals surface area contributed by atoms with Crippen LogP contribution in [0.4, 0.5) is 0 Å². The van der Waals surface area contributed by atoms with Crippen LogP contribution in [0.25, 0.3) is 0 Å². The van der Waals surface area contributed by atoms with Gasteiger partial charge in [0.2, 0.25) is 0 Å². The van der Waals surface area contributed by atoms with E-state index in [1.165, 1.54) is 14.8 Å². The molecule has 0 radical (unpaired) electrons. The molecule has 0 fully saturated rings. The first-order chi connectivity index (χ1) is 11.5. The van der Waals surface area contributed by atoms with Crippen LogP contribution in [0.2, 0.25) is 0 Å². The molecule has 7 heteroatoms. The molecule has 2 N–H and O–H groups in total. The van der Waals surface area contributed by atoms with Gasteiger partial charge in [-0.25, -0.2) is 4.98 Å². The van der Waals surface area contributed by atoms with Crippen molar-refractivity contribution in [3.63, 3.8) is 0 Å². The first-order valence-electron chi connectivity index (χ1n) is 8.55. The number of nitrogens with zero attached hydrogens (tertiary/aromatic N) is 2. The molecule has 0 spiro atoms. The van der Waals surface area contributed by atoms with Gasteiger partial charge < -0.3 is 10.6 Å². The summed E-state index contributed by atoms with van der Waals surface area (Å²) >= 11 is 3.60. The Bertz CT molecular complexity index is 635. The molecule has 0 bridgehead atoms. The van der Waals surface area contributed by atoms with E-state index in [0.717, 1.165) is 38.4 Å². The topological polar surface area (TPSA) is 49.3 Å². The zero-order valence-electron chi connectivity index (χ0n) is 15.5. The molecule has 2 rings (SSSR count). The van der Waals surface area contributed by atoms with Crippen LogP contribution in [0.3, 0.4) is 0 Å². The van der Waals surface area contributed by atoms with Gasteiger partial charge in [-0.2, -0.15) is 0 Å². The van der Waals surface area contributed by atoms with Gasteiger partial charge in [-0.3, -0.25) is 4.99 Å². The van der Waals surface area contributed by atoms with E-state index in [2.05, 4.69) is 60.8 Å². The number of hydrogen-bond acceptors (Lipinski definition) is 4. The van der Waals surface area contributed by atoms with Crippen molar-refractivity contribution >= 4 is 52.6 Å². The Morgan fingerprint density at radius 2 is 2.08 bits per heavy atom. The molecule has 0 atom stereocenters. The molecule has 0 aliphatic carbocycles. The molecule has 4 nitrogen and oxygen atoms in total. The molecular formula is C18H29IN4S2. The quantitative estimate of drug-likeness (QED) is 0.325. The number of aromatic nitrogens is 1. The largest absolute Gasteiger partial charge is 0.357 e. The number of hydrogen-bond donors (Lipinski definition) is 2. The van der Waals surface area contributed by atoms with Gasteiger partial charge >= 0.3 is 0 Å². The van der Waals surface area contributed by atoms with Crippen molar-refractivity contribution in [2.75, 3.05) is 19.6 Å². The van der Waals surface area contributed by atoms with E-state index in [-0.39, 0.29) is 29.4 Å². The van der Waals surface area contributed by atoms with Crippen LogP contribution in [0.15, 0.2) is 28.7 Å². The highest BCUT2D eigenvalue weighted by atomic mass is 127. The Morgan fingerprint density at radius 1 is 1.28 bits per heavy atom. The average molecular weight is 492 g/mol. The molecule has 0 unspecified atom stereocenters. The molecular weight excluding hydrogens is 463 g/mol. The van der Waals surface area contributed by atoms with Crippen LogP contribution in [0.5, 0.6) is 0 Å². The summed E-state index contributed by atoms with van der Waals surface area (Å²) < 4.78 is 0. The van der Waals surface area contributed by atoms with E-state index in [9.17, 15) is 0 Å². The molecule has 2 heterocycles. The first-order valence-corrected chi connectivity index (χ1v) is 10.2. The number of nitrogens with one attached hydrogen (secondary N) is 2. The lowest BCUT2D eigenvalue weighted by Crippen LogP contribution is -2.39. The van der Waals surface area contributed by atoms with E-state index in [0.29, 0.717) is 0 Å². The number of rotatable bonds is 8. The maximum absolute atomic E-state index is 4.78. The number of aryl methyl sites for hydroxylation is 1. The maximum atomic E-state index is 4.78. The second-order valence-electron chi connectivity index (χ2n) is 6.31. The Labute approximate surface area is 176 Å². The highest BCUT2D eigenvalue weighted by Gasteiger charge is 2.21. The summed E-state index contributed by atoms with van der Waals surface area (Å²) in [5, 5.41) is 10.1. The van der Waals surface area contributed by atoms with Crippen molar-refractivity contribution in [2.24, 2.45) is 4.99 Å². The smallest absolute Gasteiger partial charge is 0.191 e. The highest BCUT2D eigenvalue weighted by Crippen LogP contribution is 2.27. The highest BCUT2D eigenvalue weighted by molar-refractivity contribution is 14.0. The number of thiazole rings is 1. The Hall–Kier alpha value is -0.670. The Kier molecular flexibility index (Phi) is 9.96. The number of halogens is 1. The zero-order valence-corrected chi connectivity index (χ0v) is 19.4. The van der Waals surface area contributed by atoms with Crippen LogP contribution in [0, 0.1) is 0 Å². The Balaban J connectivity index is 0.00000312. The van der Waals surface area contributed by atoms with E-state index in [4.69, 9.17) is 4.99 Å².